The first-order valence-electron chi connectivity index (χ1n) is 27.2. The fourth-order valence-electron chi connectivity index (χ4n) is 7.31. The molecule has 0 amide bonds. The van der Waals surface area contributed by atoms with E-state index >= 15 is 0 Å². The average molecular weight is 917 g/mol. The quantitative estimate of drug-likeness (QED) is 0.0262. The zero-order chi connectivity index (χ0) is 47.9. The maximum absolute atomic E-state index is 12.8. The van der Waals surface area contributed by atoms with Crippen LogP contribution in [0, 0.1) is 0 Å². The van der Waals surface area contributed by atoms with Crippen LogP contribution in [0.5, 0.6) is 0 Å². The summed E-state index contributed by atoms with van der Waals surface area (Å²) in [5.74, 6) is -0.910. The average Bonchev–Trinajstić information content (AvgIpc) is 3.31. The summed E-state index contributed by atoms with van der Waals surface area (Å²) < 4.78 is 16.7. The van der Waals surface area contributed by atoms with Crippen molar-refractivity contribution >= 4 is 17.9 Å². The highest BCUT2D eigenvalue weighted by Crippen LogP contribution is 2.14. The third-order valence-corrected chi connectivity index (χ3v) is 11.3. The van der Waals surface area contributed by atoms with Gasteiger partial charge in [-0.2, -0.15) is 0 Å². The minimum absolute atomic E-state index is 0.0837. The second kappa shape index (κ2) is 53.9. The molecule has 0 aromatic heterocycles. The zero-order valence-corrected chi connectivity index (χ0v) is 42.9. The number of hydrogen-bond acceptors (Lipinski definition) is 6. The van der Waals surface area contributed by atoms with Gasteiger partial charge in [0.15, 0.2) is 6.10 Å². The lowest BCUT2D eigenvalue weighted by molar-refractivity contribution is -0.167. The van der Waals surface area contributed by atoms with Gasteiger partial charge in [-0.15, -0.1) is 0 Å². The molecule has 0 rings (SSSR count). The van der Waals surface area contributed by atoms with Crippen LogP contribution in [0.25, 0.3) is 0 Å². The number of carbonyl (C=O) groups excluding carboxylic acids is 3. The topological polar surface area (TPSA) is 78.9 Å². The number of esters is 3. The summed E-state index contributed by atoms with van der Waals surface area (Å²) in [5.41, 5.74) is 0. The standard InChI is InChI=1S/C60H100O6/c1-4-7-10-13-16-18-20-22-24-26-27-28-29-30-31-32-33-35-36-38-40-42-44-47-50-53-59(62)65-56-57(55-64-58(61)52-49-46-15-12-9-6-3)66-60(63)54-51-48-45-43-41-39-37-34-25-23-21-19-17-14-11-8-5-2/h7-8,10-11,16-19,22-25,27-28,30-31,57H,4-6,9,12-15,20-21,26,29,32-56H2,1-3H3/b10-7-,11-8-,18-16-,19-17-,24-22-,25-23-,28-27-,31-30-. The summed E-state index contributed by atoms with van der Waals surface area (Å²) in [5, 5.41) is 0. The second-order valence-electron chi connectivity index (χ2n) is 17.7. The number of allylic oxidation sites excluding steroid dienone is 16. The molecular weight excluding hydrogens is 817 g/mol. The molecule has 0 bridgehead atoms. The Morgan fingerprint density at radius 2 is 0.591 bits per heavy atom. The van der Waals surface area contributed by atoms with Crippen LogP contribution in [-0.2, 0) is 28.6 Å². The molecule has 0 N–H and O–H groups in total. The molecular formula is C60H100O6. The molecule has 6 nitrogen and oxygen atoms in total. The van der Waals surface area contributed by atoms with Gasteiger partial charge in [0.2, 0.25) is 0 Å². The molecule has 1 atom stereocenters. The molecule has 0 aliphatic heterocycles. The van der Waals surface area contributed by atoms with Gasteiger partial charge in [0.05, 0.1) is 0 Å². The van der Waals surface area contributed by atoms with Gasteiger partial charge in [-0.3, -0.25) is 14.4 Å². The highest BCUT2D eigenvalue weighted by Gasteiger charge is 2.19. The summed E-state index contributed by atoms with van der Waals surface area (Å²) >= 11 is 0. The predicted octanol–water partition coefficient (Wildman–Crippen LogP) is 18.1. The number of rotatable bonds is 48. The molecule has 0 spiro atoms. The van der Waals surface area contributed by atoms with E-state index in [4.69, 9.17) is 14.2 Å². The van der Waals surface area contributed by atoms with E-state index in [1.807, 2.05) is 0 Å². The minimum Gasteiger partial charge on any atom is -0.462 e. The van der Waals surface area contributed by atoms with Crippen LogP contribution in [0.3, 0.4) is 0 Å². The smallest absolute Gasteiger partial charge is 0.306 e. The van der Waals surface area contributed by atoms with Crippen LogP contribution >= 0.6 is 0 Å². The van der Waals surface area contributed by atoms with Gasteiger partial charge in [-0.1, -0.05) is 227 Å². The first-order valence-corrected chi connectivity index (χ1v) is 27.2. The normalized spacial score (nSPS) is 12.8. The summed E-state index contributed by atoms with van der Waals surface area (Å²) in [7, 11) is 0. The van der Waals surface area contributed by atoms with E-state index < -0.39 is 6.10 Å². The summed E-state index contributed by atoms with van der Waals surface area (Å²) in [6, 6.07) is 0. The fraction of sp³-hybridized carbons (Fsp3) is 0.683. The lowest BCUT2D eigenvalue weighted by Crippen LogP contribution is -2.30. The van der Waals surface area contributed by atoms with E-state index in [2.05, 4.69) is 118 Å². The van der Waals surface area contributed by atoms with E-state index in [9.17, 15) is 14.4 Å². The van der Waals surface area contributed by atoms with Crippen LogP contribution in [0.15, 0.2) is 97.2 Å². The van der Waals surface area contributed by atoms with Gasteiger partial charge >= 0.3 is 17.9 Å². The first-order chi connectivity index (χ1) is 32.5. The Morgan fingerprint density at radius 3 is 0.924 bits per heavy atom. The monoisotopic (exact) mass is 917 g/mol. The van der Waals surface area contributed by atoms with Gasteiger partial charge in [-0.25, -0.2) is 0 Å². The van der Waals surface area contributed by atoms with Crippen molar-refractivity contribution in [2.45, 2.75) is 252 Å². The minimum atomic E-state index is -0.782. The first kappa shape index (κ1) is 62.3. The molecule has 66 heavy (non-hydrogen) atoms. The maximum atomic E-state index is 12.8. The predicted molar refractivity (Wildman–Crippen MR) is 284 cm³/mol. The lowest BCUT2D eigenvalue weighted by atomic mass is 10.1. The van der Waals surface area contributed by atoms with Crippen LogP contribution in [0.2, 0.25) is 0 Å². The Balaban J connectivity index is 4.19. The van der Waals surface area contributed by atoms with Gasteiger partial charge in [0.1, 0.15) is 13.2 Å². The van der Waals surface area contributed by atoms with Crippen molar-refractivity contribution in [2.24, 2.45) is 0 Å². The number of hydrogen-bond donors (Lipinski definition) is 0. The number of ether oxygens (including phenoxy) is 3. The van der Waals surface area contributed by atoms with E-state index in [0.29, 0.717) is 19.3 Å². The van der Waals surface area contributed by atoms with Crippen molar-refractivity contribution in [3.8, 4) is 0 Å². The Morgan fingerprint density at radius 1 is 0.318 bits per heavy atom. The third-order valence-electron chi connectivity index (χ3n) is 11.3. The second-order valence-corrected chi connectivity index (χ2v) is 17.7. The molecule has 376 valence electrons. The Bertz CT molecular complexity index is 1330. The molecule has 0 heterocycles. The van der Waals surface area contributed by atoms with E-state index in [1.165, 1.54) is 83.5 Å². The largest absolute Gasteiger partial charge is 0.462 e. The van der Waals surface area contributed by atoms with Crippen molar-refractivity contribution < 1.29 is 28.6 Å². The van der Waals surface area contributed by atoms with Crippen molar-refractivity contribution in [3.05, 3.63) is 97.2 Å². The fourth-order valence-corrected chi connectivity index (χ4v) is 7.31. The van der Waals surface area contributed by atoms with Gasteiger partial charge in [-0.05, 0) is 96.3 Å². The molecule has 0 radical (unpaired) electrons. The maximum Gasteiger partial charge on any atom is 0.306 e. The van der Waals surface area contributed by atoms with Crippen LogP contribution in [0.4, 0.5) is 0 Å². The van der Waals surface area contributed by atoms with Crippen molar-refractivity contribution in [2.75, 3.05) is 13.2 Å². The summed E-state index contributed by atoms with van der Waals surface area (Å²) in [4.78, 5) is 37.8. The Hall–Kier alpha value is -3.67. The lowest BCUT2D eigenvalue weighted by Gasteiger charge is -2.18. The molecule has 0 fully saturated rings. The molecule has 0 aromatic rings. The molecule has 0 aromatic carbocycles. The molecule has 0 aliphatic carbocycles. The van der Waals surface area contributed by atoms with Crippen LogP contribution in [0.1, 0.15) is 245 Å². The summed E-state index contributed by atoms with van der Waals surface area (Å²) in [6.07, 6.45) is 71.4. The highest BCUT2D eigenvalue weighted by molar-refractivity contribution is 5.71. The summed E-state index contributed by atoms with van der Waals surface area (Å²) in [6.45, 7) is 6.34. The van der Waals surface area contributed by atoms with Crippen molar-refractivity contribution in [3.63, 3.8) is 0 Å². The molecule has 6 heteroatoms. The molecule has 1 unspecified atom stereocenters. The van der Waals surface area contributed by atoms with E-state index in [0.717, 1.165) is 122 Å². The Kier molecular flexibility index (Phi) is 50.9. The van der Waals surface area contributed by atoms with Crippen molar-refractivity contribution in [1.82, 2.24) is 0 Å². The Labute approximate surface area is 407 Å². The van der Waals surface area contributed by atoms with Crippen molar-refractivity contribution in [1.29, 1.82) is 0 Å². The molecule has 0 saturated heterocycles. The number of unbranched alkanes of at least 4 members (excludes halogenated alkanes) is 21. The SMILES string of the molecule is CC/C=C\C/C=C\C/C=C\C/C=C\C/C=C\CCCCCCCCCCCC(=O)OCC(COC(=O)CCCCCCCC)OC(=O)CCCCCCCCC/C=C\C/C=C\C/C=C\CC. The van der Waals surface area contributed by atoms with Gasteiger partial charge < -0.3 is 14.2 Å². The van der Waals surface area contributed by atoms with E-state index in [1.54, 1.807) is 0 Å². The van der Waals surface area contributed by atoms with Crippen LogP contribution < -0.4 is 0 Å². The number of carbonyl (C=O) groups is 3. The highest BCUT2D eigenvalue weighted by atomic mass is 16.6. The van der Waals surface area contributed by atoms with Gasteiger partial charge in [0, 0.05) is 19.3 Å². The molecule has 0 saturated carbocycles. The third kappa shape index (κ3) is 51.3. The van der Waals surface area contributed by atoms with Crippen LogP contribution in [-0.4, -0.2) is 37.2 Å². The zero-order valence-electron chi connectivity index (χ0n) is 42.9. The van der Waals surface area contributed by atoms with Gasteiger partial charge in [0.25, 0.3) is 0 Å². The molecule has 0 aliphatic rings. The van der Waals surface area contributed by atoms with E-state index in [-0.39, 0.29) is 31.1 Å².